The zero-order chi connectivity index (χ0) is 6.85. The minimum Gasteiger partial charge on any atom is -0.370 e. The molecule has 0 aromatic heterocycles. The van der Waals surface area contributed by atoms with Crippen molar-refractivity contribution in [2.45, 2.75) is 45.8 Å². The van der Waals surface area contributed by atoms with Crippen LogP contribution in [0.15, 0.2) is 0 Å². The summed E-state index contributed by atoms with van der Waals surface area (Å²) in [6.07, 6.45) is 3.69. The Bertz CT molecular complexity index is 86.6. The molecule has 2 atom stereocenters. The van der Waals surface area contributed by atoms with Crippen molar-refractivity contribution in [3.05, 3.63) is 0 Å². The normalized spacial score (nSPS) is 33.3. The fourth-order valence-corrected chi connectivity index (χ4v) is 1.45. The molecule has 0 aromatic rings. The van der Waals surface area contributed by atoms with Crippen molar-refractivity contribution in [2.24, 2.45) is 5.92 Å². The van der Waals surface area contributed by atoms with E-state index in [0.29, 0.717) is 12.2 Å². The molecule has 0 bridgehead atoms. The maximum Gasteiger partial charge on any atom is 0.0866 e. The van der Waals surface area contributed by atoms with Crippen LogP contribution in [0.5, 0.6) is 0 Å². The van der Waals surface area contributed by atoms with Crippen LogP contribution in [0.4, 0.5) is 0 Å². The molecule has 2 unspecified atom stereocenters. The van der Waals surface area contributed by atoms with Crippen LogP contribution in [0.1, 0.15) is 33.6 Å². The average molecular weight is 128 g/mol. The van der Waals surface area contributed by atoms with E-state index >= 15 is 0 Å². The number of epoxide rings is 1. The van der Waals surface area contributed by atoms with Crippen molar-refractivity contribution in [2.75, 3.05) is 0 Å². The summed E-state index contributed by atoms with van der Waals surface area (Å²) in [7, 11) is 0. The predicted molar refractivity (Wildman–Crippen MR) is 38.4 cm³/mol. The largest absolute Gasteiger partial charge is 0.370 e. The van der Waals surface area contributed by atoms with E-state index in [0.717, 1.165) is 5.92 Å². The fraction of sp³-hybridized carbons (Fsp3) is 1.00. The Balaban J connectivity index is 2.23. The Hall–Kier alpha value is -0.0400. The molecule has 1 aliphatic heterocycles. The average Bonchev–Trinajstić information content (AvgIpc) is 2.51. The van der Waals surface area contributed by atoms with Gasteiger partial charge in [0.25, 0.3) is 0 Å². The SMILES string of the molecule is CCC(CC)C1OC1C. The van der Waals surface area contributed by atoms with Crippen LogP contribution in [0.2, 0.25) is 0 Å². The zero-order valence-corrected chi connectivity index (χ0v) is 6.55. The molecule has 0 spiro atoms. The summed E-state index contributed by atoms with van der Waals surface area (Å²) in [6, 6.07) is 0. The molecular formula is C8H16O. The van der Waals surface area contributed by atoms with Crippen molar-refractivity contribution in [3.8, 4) is 0 Å². The van der Waals surface area contributed by atoms with Crippen LogP contribution in [-0.4, -0.2) is 12.2 Å². The highest BCUT2D eigenvalue weighted by atomic mass is 16.6. The van der Waals surface area contributed by atoms with Gasteiger partial charge in [-0.2, -0.15) is 0 Å². The third-order valence-electron chi connectivity index (χ3n) is 2.27. The van der Waals surface area contributed by atoms with E-state index in [1.807, 2.05) is 0 Å². The monoisotopic (exact) mass is 128 g/mol. The highest BCUT2D eigenvalue weighted by Gasteiger charge is 2.39. The van der Waals surface area contributed by atoms with Gasteiger partial charge < -0.3 is 4.74 Å². The fourth-order valence-electron chi connectivity index (χ4n) is 1.45. The Kier molecular flexibility index (Phi) is 2.12. The summed E-state index contributed by atoms with van der Waals surface area (Å²) in [6.45, 7) is 6.63. The van der Waals surface area contributed by atoms with Crippen LogP contribution in [-0.2, 0) is 4.74 Å². The van der Waals surface area contributed by atoms with Crippen molar-refractivity contribution >= 4 is 0 Å². The molecule has 1 heterocycles. The maximum atomic E-state index is 5.36. The molecule has 1 saturated heterocycles. The van der Waals surface area contributed by atoms with Gasteiger partial charge >= 0.3 is 0 Å². The van der Waals surface area contributed by atoms with Crippen LogP contribution in [0, 0.1) is 5.92 Å². The van der Waals surface area contributed by atoms with E-state index in [9.17, 15) is 0 Å². The summed E-state index contributed by atoms with van der Waals surface area (Å²) in [5, 5.41) is 0. The topological polar surface area (TPSA) is 12.5 Å². The second kappa shape index (κ2) is 2.70. The molecule has 1 fully saturated rings. The Morgan fingerprint density at radius 1 is 1.33 bits per heavy atom. The molecule has 0 aromatic carbocycles. The molecule has 1 nitrogen and oxygen atoms in total. The summed E-state index contributed by atoms with van der Waals surface area (Å²) < 4.78 is 5.36. The molecule has 1 heteroatoms. The molecular weight excluding hydrogens is 112 g/mol. The first-order valence-electron chi connectivity index (χ1n) is 3.95. The Morgan fingerprint density at radius 2 is 1.78 bits per heavy atom. The Morgan fingerprint density at radius 3 is 1.89 bits per heavy atom. The highest BCUT2D eigenvalue weighted by molar-refractivity contribution is 4.85. The van der Waals surface area contributed by atoms with Gasteiger partial charge in [-0.05, 0) is 12.8 Å². The van der Waals surface area contributed by atoms with Crippen molar-refractivity contribution in [1.29, 1.82) is 0 Å². The maximum absolute atomic E-state index is 5.36. The van der Waals surface area contributed by atoms with Gasteiger partial charge in [0, 0.05) is 0 Å². The number of hydrogen-bond acceptors (Lipinski definition) is 1. The second-order valence-electron chi connectivity index (χ2n) is 2.88. The first-order chi connectivity index (χ1) is 4.29. The van der Waals surface area contributed by atoms with Crippen LogP contribution in [0.3, 0.4) is 0 Å². The summed E-state index contributed by atoms with van der Waals surface area (Å²) in [5.41, 5.74) is 0. The lowest BCUT2D eigenvalue weighted by Crippen LogP contribution is -2.06. The summed E-state index contributed by atoms with van der Waals surface area (Å²) >= 11 is 0. The van der Waals surface area contributed by atoms with E-state index in [1.54, 1.807) is 0 Å². The van der Waals surface area contributed by atoms with Gasteiger partial charge in [0.2, 0.25) is 0 Å². The predicted octanol–water partition coefficient (Wildman–Crippen LogP) is 2.21. The molecule has 1 rings (SSSR count). The molecule has 54 valence electrons. The molecule has 0 saturated carbocycles. The molecule has 0 radical (unpaired) electrons. The third kappa shape index (κ3) is 1.45. The first-order valence-corrected chi connectivity index (χ1v) is 3.95. The van der Waals surface area contributed by atoms with Crippen molar-refractivity contribution in [3.63, 3.8) is 0 Å². The number of rotatable bonds is 3. The van der Waals surface area contributed by atoms with Crippen LogP contribution in [0.25, 0.3) is 0 Å². The van der Waals surface area contributed by atoms with Crippen LogP contribution >= 0.6 is 0 Å². The van der Waals surface area contributed by atoms with Gasteiger partial charge in [-0.25, -0.2) is 0 Å². The van der Waals surface area contributed by atoms with E-state index < -0.39 is 0 Å². The van der Waals surface area contributed by atoms with Crippen LogP contribution < -0.4 is 0 Å². The molecule has 9 heavy (non-hydrogen) atoms. The molecule has 1 aliphatic rings. The third-order valence-corrected chi connectivity index (χ3v) is 2.27. The van der Waals surface area contributed by atoms with Gasteiger partial charge in [-0.3, -0.25) is 0 Å². The van der Waals surface area contributed by atoms with Gasteiger partial charge in [0.05, 0.1) is 12.2 Å². The smallest absolute Gasteiger partial charge is 0.0866 e. The number of hydrogen-bond donors (Lipinski definition) is 0. The second-order valence-corrected chi connectivity index (χ2v) is 2.88. The lowest BCUT2D eigenvalue weighted by molar-refractivity contribution is 0.307. The zero-order valence-electron chi connectivity index (χ0n) is 6.55. The molecule has 0 amide bonds. The summed E-state index contributed by atoms with van der Waals surface area (Å²) in [5.74, 6) is 0.819. The van der Waals surface area contributed by atoms with E-state index in [1.165, 1.54) is 12.8 Å². The van der Waals surface area contributed by atoms with Gasteiger partial charge in [-0.1, -0.05) is 26.7 Å². The van der Waals surface area contributed by atoms with E-state index in [-0.39, 0.29) is 0 Å². The van der Waals surface area contributed by atoms with E-state index in [4.69, 9.17) is 4.74 Å². The van der Waals surface area contributed by atoms with Crippen molar-refractivity contribution in [1.82, 2.24) is 0 Å². The lowest BCUT2D eigenvalue weighted by atomic mass is 9.98. The first kappa shape index (κ1) is 7.07. The highest BCUT2D eigenvalue weighted by Crippen LogP contribution is 2.32. The standard InChI is InChI=1S/C8H16O/c1-4-7(5-2)8-6(3)9-8/h6-8H,4-5H2,1-3H3. The van der Waals surface area contributed by atoms with E-state index in [2.05, 4.69) is 20.8 Å². The Labute approximate surface area is 57.4 Å². The van der Waals surface area contributed by atoms with Gasteiger partial charge in [0.1, 0.15) is 0 Å². The molecule has 0 N–H and O–H groups in total. The molecule has 0 aliphatic carbocycles. The quantitative estimate of drug-likeness (QED) is 0.531. The minimum atomic E-state index is 0.551. The van der Waals surface area contributed by atoms with Crippen molar-refractivity contribution < 1.29 is 4.74 Å². The lowest BCUT2D eigenvalue weighted by Gasteiger charge is -2.06. The summed E-state index contributed by atoms with van der Waals surface area (Å²) in [4.78, 5) is 0. The number of ether oxygens (including phenoxy) is 1. The van der Waals surface area contributed by atoms with Gasteiger partial charge in [0.15, 0.2) is 0 Å². The minimum absolute atomic E-state index is 0.551. The van der Waals surface area contributed by atoms with Gasteiger partial charge in [-0.15, -0.1) is 0 Å².